The fourth-order valence-corrected chi connectivity index (χ4v) is 2.19. The number of rotatable bonds is 6. The number of halogens is 1. The molecule has 23 heavy (non-hydrogen) atoms. The Morgan fingerprint density at radius 2 is 2.04 bits per heavy atom. The second-order valence-corrected chi connectivity index (χ2v) is 5.49. The fourth-order valence-electron chi connectivity index (χ4n) is 1.93. The van der Waals surface area contributed by atoms with Crippen LogP contribution in [-0.4, -0.2) is 30.9 Å². The Kier molecular flexibility index (Phi) is 6.15. The molecule has 0 unspecified atom stereocenters. The number of aromatic nitrogens is 1. The summed E-state index contributed by atoms with van der Waals surface area (Å²) in [5, 5.41) is 9.18. The first-order valence-corrected chi connectivity index (χ1v) is 7.66. The first-order valence-electron chi connectivity index (χ1n) is 6.87. The van der Waals surface area contributed by atoms with Gasteiger partial charge in [-0.15, -0.1) is 0 Å². The summed E-state index contributed by atoms with van der Waals surface area (Å²) in [6.07, 6.45) is 3.37. The van der Waals surface area contributed by atoms with E-state index in [9.17, 15) is 10.1 Å². The van der Waals surface area contributed by atoms with Crippen LogP contribution in [0.4, 0.5) is 0 Å². The van der Waals surface area contributed by atoms with Crippen molar-refractivity contribution in [3.63, 3.8) is 0 Å². The second-order valence-electron chi connectivity index (χ2n) is 4.58. The lowest BCUT2D eigenvalue weighted by atomic mass is 10.2. The van der Waals surface area contributed by atoms with E-state index in [4.69, 9.17) is 9.47 Å². The van der Waals surface area contributed by atoms with Crippen LogP contribution in [0.1, 0.15) is 5.69 Å². The van der Waals surface area contributed by atoms with Gasteiger partial charge in [-0.3, -0.25) is 0 Å². The summed E-state index contributed by atoms with van der Waals surface area (Å²) >= 11 is 3.39. The van der Waals surface area contributed by atoms with Crippen LogP contribution in [0.25, 0.3) is 11.8 Å². The summed E-state index contributed by atoms with van der Waals surface area (Å²) < 4.78 is 12.6. The lowest BCUT2D eigenvalue weighted by Gasteiger charge is -2.07. The van der Waals surface area contributed by atoms with Gasteiger partial charge in [0.15, 0.2) is 0 Å². The van der Waals surface area contributed by atoms with Gasteiger partial charge in [0.05, 0.1) is 6.61 Å². The molecule has 0 saturated heterocycles. The van der Waals surface area contributed by atoms with E-state index < -0.39 is 5.97 Å². The molecule has 0 N–H and O–H groups in total. The van der Waals surface area contributed by atoms with Gasteiger partial charge in [-0.05, 0) is 42.5 Å². The molecule has 6 heteroatoms. The Bertz CT molecular complexity index is 742. The van der Waals surface area contributed by atoms with Crippen LogP contribution in [0.5, 0.6) is 0 Å². The molecule has 0 fully saturated rings. The van der Waals surface area contributed by atoms with E-state index in [1.54, 1.807) is 0 Å². The molecule has 0 aliphatic rings. The number of carbonyl (C=O) groups is 1. The number of benzene rings is 1. The number of nitrogens with zero attached hydrogens (tertiary/aromatic N) is 2. The minimum Gasteiger partial charge on any atom is -0.459 e. The van der Waals surface area contributed by atoms with Crippen molar-refractivity contribution in [2.45, 2.75) is 0 Å². The summed E-state index contributed by atoms with van der Waals surface area (Å²) in [5.74, 6) is -0.659. The average molecular weight is 375 g/mol. The standard InChI is InChI=1S/C17H15BrN2O3/c1-22-9-10-23-17(21)13(12-19)11-16-3-2-8-20(16)15-6-4-14(18)5-7-15/h2-8,11H,9-10H2,1H3/b13-11+. The van der Waals surface area contributed by atoms with Crippen molar-refractivity contribution in [2.75, 3.05) is 20.3 Å². The zero-order chi connectivity index (χ0) is 16.7. The van der Waals surface area contributed by atoms with Crippen molar-refractivity contribution in [1.29, 1.82) is 5.26 Å². The number of hydrogen-bond donors (Lipinski definition) is 0. The van der Waals surface area contributed by atoms with Crippen molar-refractivity contribution in [3.05, 3.63) is 58.3 Å². The van der Waals surface area contributed by atoms with E-state index in [2.05, 4.69) is 15.9 Å². The summed E-state index contributed by atoms with van der Waals surface area (Å²) in [6.45, 7) is 0.405. The van der Waals surface area contributed by atoms with Crippen LogP contribution in [0.3, 0.4) is 0 Å². The van der Waals surface area contributed by atoms with E-state index in [-0.39, 0.29) is 12.2 Å². The predicted octanol–water partition coefficient (Wildman–Crippen LogP) is 3.34. The van der Waals surface area contributed by atoms with Crippen LogP contribution in [-0.2, 0) is 14.3 Å². The van der Waals surface area contributed by atoms with E-state index >= 15 is 0 Å². The molecule has 1 aromatic heterocycles. The van der Waals surface area contributed by atoms with Crippen molar-refractivity contribution < 1.29 is 14.3 Å². The predicted molar refractivity (Wildman–Crippen MR) is 89.9 cm³/mol. The normalized spacial score (nSPS) is 11.1. The Labute approximate surface area is 142 Å². The molecule has 0 spiro atoms. The molecule has 1 heterocycles. The van der Waals surface area contributed by atoms with E-state index in [1.165, 1.54) is 13.2 Å². The molecule has 0 amide bonds. The third-order valence-electron chi connectivity index (χ3n) is 3.04. The summed E-state index contributed by atoms with van der Waals surface area (Å²) in [5.41, 5.74) is 1.58. The summed E-state index contributed by atoms with van der Waals surface area (Å²) in [6, 6.07) is 13.3. The highest BCUT2D eigenvalue weighted by atomic mass is 79.9. The Morgan fingerprint density at radius 3 is 2.70 bits per heavy atom. The Balaban J connectivity index is 2.24. The Morgan fingerprint density at radius 1 is 1.30 bits per heavy atom. The SMILES string of the molecule is COCCOC(=O)/C(C#N)=C/c1cccn1-c1ccc(Br)cc1. The first kappa shape index (κ1) is 17.0. The van der Waals surface area contributed by atoms with E-state index in [0.717, 1.165) is 10.2 Å². The Hall–Kier alpha value is -2.36. The number of methoxy groups -OCH3 is 1. The van der Waals surface area contributed by atoms with E-state index in [0.29, 0.717) is 12.3 Å². The van der Waals surface area contributed by atoms with Gasteiger partial charge in [-0.25, -0.2) is 4.79 Å². The smallest absolute Gasteiger partial charge is 0.349 e. The summed E-state index contributed by atoms with van der Waals surface area (Å²) in [4.78, 5) is 11.9. The zero-order valence-electron chi connectivity index (χ0n) is 12.5. The van der Waals surface area contributed by atoms with Crippen molar-refractivity contribution in [3.8, 4) is 11.8 Å². The van der Waals surface area contributed by atoms with Crippen LogP contribution in [0.2, 0.25) is 0 Å². The van der Waals surface area contributed by atoms with Crippen molar-refractivity contribution >= 4 is 28.0 Å². The van der Waals surface area contributed by atoms with Gasteiger partial charge < -0.3 is 14.0 Å². The highest BCUT2D eigenvalue weighted by Gasteiger charge is 2.12. The fraction of sp³-hybridized carbons (Fsp3) is 0.176. The molecule has 0 saturated carbocycles. The first-order chi connectivity index (χ1) is 11.2. The van der Waals surface area contributed by atoms with Gasteiger partial charge in [0.2, 0.25) is 0 Å². The van der Waals surface area contributed by atoms with Crippen LogP contribution in [0.15, 0.2) is 52.6 Å². The van der Waals surface area contributed by atoms with Gasteiger partial charge in [0.1, 0.15) is 18.2 Å². The maximum Gasteiger partial charge on any atom is 0.349 e. The molecule has 5 nitrogen and oxygen atoms in total. The molecule has 0 aliphatic heterocycles. The monoisotopic (exact) mass is 374 g/mol. The molecule has 0 atom stereocenters. The number of hydrogen-bond acceptors (Lipinski definition) is 4. The maximum atomic E-state index is 11.9. The molecule has 2 aromatic rings. The molecule has 2 rings (SSSR count). The number of carbonyl (C=O) groups excluding carboxylic acids is 1. The molecule has 0 aliphatic carbocycles. The number of esters is 1. The minimum atomic E-state index is -0.659. The topological polar surface area (TPSA) is 64.2 Å². The van der Waals surface area contributed by atoms with Gasteiger partial charge in [-0.2, -0.15) is 5.26 Å². The summed E-state index contributed by atoms with van der Waals surface area (Å²) in [7, 11) is 1.51. The number of ether oxygens (including phenoxy) is 2. The zero-order valence-corrected chi connectivity index (χ0v) is 14.1. The highest BCUT2D eigenvalue weighted by molar-refractivity contribution is 9.10. The van der Waals surface area contributed by atoms with Crippen LogP contribution in [0, 0.1) is 11.3 Å². The third kappa shape index (κ3) is 4.55. The van der Waals surface area contributed by atoms with Gasteiger partial charge in [0, 0.05) is 29.2 Å². The van der Waals surface area contributed by atoms with E-state index in [1.807, 2.05) is 53.2 Å². The molecule has 0 radical (unpaired) electrons. The molecule has 0 bridgehead atoms. The lowest BCUT2D eigenvalue weighted by molar-refractivity contribution is -0.139. The number of nitriles is 1. The largest absolute Gasteiger partial charge is 0.459 e. The minimum absolute atomic E-state index is 0.0573. The molecule has 1 aromatic carbocycles. The van der Waals surface area contributed by atoms with Gasteiger partial charge >= 0.3 is 5.97 Å². The van der Waals surface area contributed by atoms with Crippen molar-refractivity contribution in [2.24, 2.45) is 0 Å². The second kappa shape index (κ2) is 8.32. The third-order valence-corrected chi connectivity index (χ3v) is 3.57. The van der Waals surface area contributed by atoms with Gasteiger partial charge in [-0.1, -0.05) is 15.9 Å². The van der Waals surface area contributed by atoms with Crippen molar-refractivity contribution in [1.82, 2.24) is 4.57 Å². The lowest BCUT2D eigenvalue weighted by Crippen LogP contribution is -2.11. The molecule has 118 valence electrons. The highest BCUT2D eigenvalue weighted by Crippen LogP contribution is 2.18. The molecular formula is C17H15BrN2O3. The average Bonchev–Trinajstić information content (AvgIpc) is 3.01. The maximum absolute atomic E-state index is 11.9. The van der Waals surface area contributed by atoms with Crippen LogP contribution < -0.4 is 0 Å². The quantitative estimate of drug-likeness (QED) is 0.336. The molecular weight excluding hydrogens is 360 g/mol. The van der Waals surface area contributed by atoms with Gasteiger partial charge in [0.25, 0.3) is 0 Å². The van der Waals surface area contributed by atoms with Crippen LogP contribution >= 0.6 is 15.9 Å².